The summed E-state index contributed by atoms with van der Waals surface area (Å²) < 4.78 is 26.4. The number of nitrogens with zero attached hydrogens (tertiary/aromatic N) is 2. The second-order valence-corrected chi connectivity index (χ2v) is 6.14. The zero-order chi connectivity index (χ0) is 20.1. The Balaban J connectivity index is 1.58. The predicted octanol–water partition coefficient (Wildman–Crippen LogP) is 2.96. The number of carbonyl (C=O) groups excluding carboxylic acids is 2. The van der Waals surface area contributed by atoms with Crippen molar-refractivity contribution in [3.8, 4) is 0 Å². The minimum absolute atomic E-state index is 0.0569. The van der Waals surface area contributed by atoms with E-state index in [0.717, 1.165) is 5.56 Å². The molecule has 0 radical (unpaired) electrons. The molecule has 0 saturated carbocycles. The monoisotopic (exact) mass is 405 g/mol. The van der Waals surface area contributed by atoms with Gasteiger partial charge < -0.3 is 10.6 Å². The first-order valence-electron chi connectivity index (χ1n) is 8.12. The standard InChI is InChI=1S/C18H14ClF2N5O2/c19-12-8-14(21)13(20)7-11(12)17(27)24-16-9-15(25-26-16)18(28)23-6-3-10-1-4-22-5-2-10/h1-2,4-5,7-9H,3,6H2,(H,23,28)(H2,24,25,26,27). The predicted molar refractivity (Wildman–Crippen MR) is 98.2 cm³/mol. The van der Waals surface area contributed by atoms with Crippen LogP contribution in [0.3, 0.4) is 0 Å². The quantitative estimate of drug-likeness (QED) is 0.549. The Morgan fingerprint density at radius 1 is 1.07 bits per heavy atom. The van der Waals surface area contributed by atoms with Gasteiger partial charge in [-0.1, -0.05) is 11.6 Å². The maximum atomic E-state index is 13.3. The summed E-state index contributed by atoms with van der Waals surface area (Å²) in [5.41, 5.74) is 0.827. The lowest BCUT2D eigenvalue weighted by atomic mass is 10.2. The first-order valence-corrected chi connectivity index (χ1v) is 8.50. The van der Waals surface area contributed by atoms with Crippen molar-refractivity contribution in [1.82, 2.24) is 20.5 Å². The van der Waals surface area contributed by atoms with Gasteiger partial charge in [0.15, 0.2) is 17.3 Å². The van der Waals surface area contributed by atoms with Gasteiger partial charge >= 0.3 is 0 Å². The van der Waals surface area contributed by atoms with Crippen LogP contribution in [-0.2, 0) is 6.42 Å². The van der Waals surface area contributed by atoms with Gasteiger partial charge in [0.25, 0.3) is 11.8 Å². The minimum Gasteiger partial charge on any atom is -0.350 e. The van der Waals surface area contributed by atoms with E-state index in [1.165, 1.54) is 6.07 Å². The highest BCUT2D eigenvalue weighted by atomic mass is 35.5. The van der Waals surface area contributed by atoms with E-state index in [-0.39, 0.29) is 22.1 Å². The van der Waals surface area contributed by atoms with Crippen molar-refractivity contribution >= 4 is 29.2 Å². The molecule has 0 bridgehead atoms. The van der Waals surface area contributed by atoms with Gasteiger partial charge in [-0.05, 0) is 36.2 Å². The number of carbonyl (C=O) groups is 2. The zero-order valence-electron chi connectivity index (χ0n) is 14.3. The van der Waals surface area contributed by atoms with Gasteiger partial charge in [0.2, 0.25) is 0 Å². The number of hydrogen-bond acceptors (Lipinski definition) is 4. The Kier molecular flexibility index (Phi) is 5.95. The summed E-state index contributed by atoms with van der Waals surface area (Å²) in [5.74, 6) is -3.47. The van der Waals surface area contributed by atoms with Crippen LogP contribution in [-0.4, -0.2) is 33.5 Å². The highest BCUT2D eigenvalue weighted by Crippen LogP contribution is 2.21. The fourth-order valence-electron chi connectivity index (χ4n) is 2.35. The van der Waals surface area contributed by atoms with Crippen molar-refractivity contribution in [3.63, 3.8) is 0 Å². The number of nitrogens with one attached hydrogen (secondary N) is 3. The fraction of sp³-hybridized carbons (Fsp3) is 0.111. The lowest BCUT2D eigenvalue weighted by Crippen LogP contribution is -2.26. The highest BCUT2D eigenvalue weighted by Gasteiger charge is 2.17. The molecule has 0 spiro atoms. The maximum Gasteiger partial charge on any atom is 0.271 e. The Morgan fingerprint density at radius 3 is 2.54 bits per heavy atom. The van der Waals surface area contributed by atoms with E-state index in [1.54, 1.807) is 12.4 Å². The number of aromatic nitrogens is 3. The van der Waals surface area contributed by atoms with Crippen LogP contribution in [0.5, 0.6) is 0 Å². The number of aromatic amines is 1. The number of pyridine rings is 1. The molecule has 0 aliphatic carbocycles. The smallest absolute Gasteiger partial charge is 0.271 e. The normalized spacial score (nSPS) is 10.5. The molecule has 1 aromatic carbocycles. The van der Waals surface area contributed by atoms with Gasteiger partial charge in [0.05, 0.1) is 10.6 Å². The molecular formula is C18H14ClF2N5O2. The minimum atomic E-state index is -1.20. The molecule has 0 aliphatic heterocycles. The molecule has 3 aromatic rings. The lowest BCUT2D eigenvalue weighted by molar-refractivity contribution is 0.0948. The van der Waals surface area contributed by atoms with E-state index < -0.39 is 23.4 Å². The second kappa shape index (κ2) is 8.57. The molecule has 7 nitrogen and oxygen atoms in total. The second-order valence-electron chi connectivity index (χ2n) is 5.73. The van der Waals surface area contributed by atoms with Crippen LogP contribution in [0.2, 0.25) is 5.02 Å². The van der Waals surface area contributed by atoms with Gasteiger partial charge in [-0.25, -0.2) is 8.78 Å². The Bertz CT molecular complexity index is 1010. The van der Waals surface area contributed by atoms with Gasteiger partial charge in [0.1, 0.15) is 5.82 Å². The highest BCUT2D eigenvalue weighted by molar-refractivity contribution is 6.34. The molecule has 0 aliphatic rings. The summed E-state index contributed by atoms with van der Waals surface area (Å²) in [5, 5.41) is 11.1. The molecule has 0 fully saturated rings. The van der Waals surface area contributed by atoms with Crippen molar-refractivity contribution in [2.24, 2.45) is 0 Å². The molecule has 2 amide bonds. The third kappa shape index (κ3) is 4.68. The average Bonchev–Trinajstić information content (AvgIpc) is 3.14. The van der Waals surface area contributed by atoms with Crippen molar-refractivity contribution in [1.29, 1.82) is 0 Å². The molecule has 10 heteroatoms. The van der Waals surface area contributed by atoms with Crippen LogP contribution in [0.1, 0.15) is 26.4 Å². The molecule has 2 aromatic heterocycles. The van der Waals surface area contributed by atoms with Gasteiger partial charge in [-0.3, -0.25) is 19.7 Å². The molecule has 0 unspecified atom stereocenters. The van der Waals surface area contributed by atoms with Gasteiger partial charge in [-0.15, -0.1) is 0 Å². The molecule has 28 heavy (non-hydrogen) atoms. The largest absolute Gasteiger partial charge is 0.350 e. The Hall–Kier alpha value is -3.33. The summed E-state index contributed by atoms with van der Waals surface area (Å²) >= 11 is 5.76. The summed E-state index contributed by atoms with van der Waals surface area (Å²) in [6.45, 7) is 0.391. The van der Waals surface area contributed by atoms with E-state index in [9.17, 15) is 18.4 Å². The van der Waals surface area contributed by atoms with Crippen LogP contribution in [0.4, 0.5) is 14.6 Å². The van der Waals surface area contributed by atoms with Gasteiger partial charge in [-0.2, -0.15) is 5.10 Å². The topological polar surface area (TPSA) is 99.8 Å². The van der Waals surface area contributed by atoms with Crippen LogP contribution >= 0.6 is 11.6 Å². The van der Waals surface area contributed by atoms with E-state index in [0.29, 0.717) is 25.1 Å². The van der Waals surface area contributed by atoms with Crippen LogP contribution in [0.15, 0.2) is 42.7 Å². The molecule has 2 heterocycles. The summed E-state index contributed by atoms with van der Waals surface area (Å²) in [4.78, 5) is 28.2. The number of anilines is 1. The lowest BCUT2D eigenvalue weighted by Gasteiger charge is -2.05. The molecule has 3 rings (SSSR count). The molecular weight excluding hydrogens is 392 g/mol. The van der Waals surface area contributed by atoms with Gasteiger partial charge in [0, 0.05) is 25.0 Å². The average molecular weight is 406 g/mol. The maximum absolute atomic E-state index is 13.3. The van der Waals surface area contributed by atoms with Crippen molar-refractivity contribution in [2.45, 2.75) is 6.42 Å². The molecule has 3 N–H and O–H groups in total. The van der Waals surface area contributed by atoms with Crippen molar-refractivity contribution in [2.75, 3.05) is 11.9 Å². The summed E-state index contributed by atoms with van der Waals surface area (Å²) in [6.07, 6.45) is 3.95. The van der Waals surface area contributed by atoms with Crippen LogP contribution < -0.4 is 10.6 Å². The Labute approximate surface area is 163 Å². The number of rotatable bonds is 6. The van der Waals surface area contributed by atoms with E-state index in [1.807, 2.05) is 12.1 Å². The summed E-state index contributed by atoms with van der Waals surface area (Å²) in [6, 6.07) is 6.40. The zero-order valence-corrected chi connectivity index (χ0v) is 15.1. The third-order valence-corrected chi connectivity index (χ3v) is 4.07. The van der Waals surface area contributed by atoms with E-state index in [2.05, 4.69) is 25.8 Å². The number of H-pyrrole nitrogens is 1. The van der Waals surface area contributed by atoms with Crippen LogP contribution in [0.25, 0.3) is 0 Å². The third-order valence-electron chi connectivity index (χ3n) is 3.76. The summed E-state index contributed by atoms with van der Waals surface area (Å²) in [7, 11) is 0. The van der Waals surface area contributed by atoms with Crippen molar-refractivity contribution in [3.05, 3.63) is 76.2 Å². The number of halogens is 3. The Morgan fingerprint density at radius 2 is 1.79 bits per heavy atom. The molecule has 0 atom stereocenters. The molecule has 144 valence electrons. The number of hydrogen-bond donors (Lipinski definition) is 3. The van der Waals surface area contributed by atoms with Crippen molar-refractivity contribution < 1.29 is 18.4 Å². The SMILES string of the molecule is O=C(NCCc1ccncc1)c1cc(NC(=O)c2cc(F)c(F)cc2Cl)[nH]n1. The first-order chi connectivity index (χ1) is 13.4. The molecule has 0 saturated heterocycles. The fourth-order valence-corrected chi connectivity index (χ4v) is 2.58. The van der Waals surface area contributed by atoms with E-state index >= 15 is 0 Å². The first kappa shape index (κ1) is 19.4. The number of benzene rings is 1. The van der Waals surface area contributed by atoms with E-state index in [4.69, 9.17) is 11.6 Å². The van der Waals surface area contributed by atoms with Crippen LogP contribution in [0, 0.1) is 11.6 Å². The number of amides is 2.